The maximum Gasteiger partial charge on any atom is 0.215 e. The first-order valence-corrected chi connectivity index (χ1v) is 5.47. The van der Waals surface area contributed by atoms with E-state index in [-0.39, 0.29) is 5.82 Å². The van der Waals surface area contributed by atoms with E-state index in [0.717, 1.165) is 11.3 Å². The molecule has 0 spiro atoms. The zero-order chi connectivity index (χ0) is 13.0. The normalized spacial score (nSPS) is 10.1. The number of pyridine rings is 1. The van der Waals surface area contributed by atoms with Crippen molar-refractivity contribution in [1.29, 1.82) is 0 Å². The number of nitrogens with zero attached hydrogens (tertiary/aromatic N) is 1. The minimum atomic E-state index is 0.276. The Hall–Kier alpha value is -2.43. The third-order valence-electron chi connectivity index (χ3n) is 2.45. The van der Waals surface area contributed by atoms with E-state index in [1.54, 1.807) is 19.2 Å². The van der Waals surface area contributed by atoms with E-state index < -0.39 is 0 Å². The predicted molar refractivity (Wildman–Crippen MR) is 70.4 cm³/mol. The molecule has 0 saturated heterocycles. The highest BCUT2D eigenvalue weighted by molar-refractivity contribution is 5.58. The highest BCUT2D eigenvalue weighted by Gasteiger charge is 2.01. The molecule has 2 rings (SSSR count). The third-order valence-corrected chi connectivity index (χ3v) is 2.45. The van der Waals surface area contributed by atoms with Gasteiger partial charge in [-0.2, -0.15) is 4.98 Å². The Bertz CT molecular complexity index is 544. The number of hydrogen-bond donors (Lipinski definition) is 2. The van der Waals surface area contributed by atoms with Crippen molar-refractivity contribution in [2.75, 3.05) is 18.6 Å². The lowest BCUT2D eigenvalue weighted by atomic mass is 10.2. The van der Waals surface area contributed by atoms with Gasteiger partial charge in [0.2, 0.25) is 5.88 Å². The molecule has 1 heterocycles. The number of nitrogen functional groups attached to an aromatic ring is 2. The standard InChI is InChI=1S/C13H15N3O2/c1-17-10-4-2-3-9(7-10)8-18-12-6-5-11(14)13(15)16-12/h2-7H,8,14H2,1H3,(H2,15,16). The first-order valence-electron chi connectivity index (χ1n) is 5.47. The quantitative estimate of drug-likeness (QED) is 0.858. The molecule has 0 saturated carbocycles. The summed E-state index contributed by atoms with van der Waals surface area (Å²) < 4.78 is 10.7. The van der Waals surface area contributed by atoms with Gasteiger partial charge in [0.05, 0.1) is 12.8 Å². The molecule has 0 radical (unpaired) electrons. The lowest BCUT2D eigenvalue weighted by molar-refractivity contribution is 0.293. The summed E-state index contributed by atoms with van der Waals surface area (Å²) in [6.45, 7) is 0.396. The maximum absolute atomic E-state index is 5.60. The Labute approximate surface area is 105 Å². The molecule has 0 aliphatic carbocycles. The molecule has 94 valence electrons. The second-order valence-electron chi connectivity index (χ2n) is 3.76. The van der Waals surface area contributed by atoms with Crippen LogP contribution in [0, 0.1) is 0 Å². The van der Waals surface area contributed by atoms with Gasteiger partial charge < -0.3 is 20.9 Å². The van der Waals surface area contributed by atoms with Crippen molar-refractivity contribution < 1.29 is 9.47 Å². The number of methoxy groups -OCH3 is 1. The molecule has 0 unspecified atom stereocenters. The summed E-state index contributed by atoms with van der Waals surface area (Å²) in [5.74, 6) is 1.52. The van der Waals surface area contributed by atoms with Crippen molar-refractivity contribution in [2.45, 2.75) is 6.61 Å². The molecule has 0 atom stereocenters. The molecule has 2 aromatic rings. The third kappa shape index (κ3) is 2.82. The maximum atomic E-state index is 5.60. The van der Waals surface area contributed by atoms with Crippen molar-refractivity contribution in [3.63, 3.8) is 0 Å². The lowest BCUT2D eigenvalue weighted by Gasteiger charge is -2.08. The lowest BCUT2D eigenvalue weighted by Crippen LogP contribution is -2.02. The monoisotopic (exact) mass is 245 g/mol. The summed E-state index contributed by atoms with van der Waals surface area (Å²) in [5.41, 5.74) is 12.6. The van der Waals surface area contributed by atoms with E-state index in [2.05, 4.69) is 4.98 Å². The van der Waals surface area contributed by atoms with Crippen LogP contribution in [0.1, 0.15) is 5.56 Å². The van der Waals surface area contributed by atoms with Crippen molar-refractivity contribution in [3.05, 3.63) is 42.0 Å². The summed E-state index contributed by atoms with van der Waals surface area (Å²) in [4.78, 5) is 4.03. The van der Waals surface area contributed by atoms with Gasteiger partial charge in [-0.25, -0.2) is 0 Å². The van der Waals surface area contributed by atoms with E-state index >= 15 is 0 Å². The van der Waals surface area contributed by atoms with E-state index in [1.807, 2.05) is 24.3 Å². The fourth-order valence-corrected chi connectivity index (χ4v) is 1.47. The van der Waals surface area contributed by atoms with E-state index in [0.29, 0.717) is 18.2 Å². The van der Waals surface area contributed by atoms with Crippen LogP contribution in [0.3, 0.4) is 0 Å². The molecule has 0 aliphatic heterocycles. The van der Waals surface area contributed by atoms with Gasteiger partial charge in [0.1, 0.15) is 12.4 Å². The number of hydrogen-bond acceptors (Lipinski definition) is 5. The van der Waals surface area contributed by atoms with Crippen LogP contribution >= 0.6 is 0 Å². The number of anilines is 2. The van der Waals surface area contributed by atoms with E-state index in [1.165, 1.54) is 0 Å². The van der Waals surface area contributed by atoms with Crippen LogP contribution in [0.4, 0.5) is 11.5 Å². The number of benzene rings is 1. The molecule has 0 fully saturated rings. The van der Waals surface area contributed by atoms with Crippen LogP contribution < -0.4 is 20.9 Å². The molecular weight excluding hydrogens is 230 g/mol. The molecular formula is C13H15N3O2. The summed E-state index contributed by atoms with van der Waals surface area (Å²) in [6, 6.07) is 11.0. The molecule has 0 bridgehead atoms. The van der Waals surface area contributed by atoms with Crippen molar-refractivity contribution in [3.8, 4) is 11.6 Å². The fourth-order valence-electron chi connectivity index (χ4n) is 1.47. The Balaban J connectivity index is 2.04. The van der Waals surface area contributed by atoms with Crippen LogP contribution in [0.15, 0.2) is 36.4 Å². The van der Waals surface area contributed by atoms with Gasteiger partial charge in [-0.3, -0.25) is 0 Å². The van der Waals surface area contributed by atoms with Crippen LogP contribution in [0.5, 0.6) is 11.6 Å². The minimum absolute atomic E-state index is 0.276. The number of nitrogens with two attached hydrogens (primary N) is 2. The highest BCUT2D eigenvalue weighted by Crippen LogP contribution is 2.18. The van der Waals surface area contributed by atoms with Crippen LogP contribution in [0.2, 0.25) is 0 Å². The number of ether oxygens (including phenoxy) is 2. The Morgan fingerprint density at radius 2 is 2.00 bits per heavy atom. The zero-order valence-corrected chi connectivity index (χ0v) is 10.1. The summed E-state index contributed by atoms with van der Waals surface area (Å²) in [5, 5.41) is 0. The van der Waals surface area contributed by atoms with Crippen LogP contribution in [0.25, 0.3) is 0 Å². The molecule has 0 aliphatic rings. The minimum Gasteiger partial charge on any atom is -0.497 e. The largest absolute Gasteiger partial charge is 0.497 e. The smallest absolute Gasteiger partial charge is 0.215 e. The first kappa shape index (κ1) is 12.0. The number of aromatic nitrogens is 1. The molecule has 18 heavy (non-hydrogen) atoms. The van der Waals surface area contributed by atoms with Gasteiger partial charge in [0.15, 0.2) is 5.82 Å². The van der Waals surface area contributed by atoms with Gasteiger partial charge in [0, 0.05) is 6.07 Å². The SMILES string of the molecule is COc1cccc(COc2ccc(N)c(N)n2)c1. The van der Waals surface area contributed by atoms with Crippen LogP contribution in [-0.2, 0) is 6.61 Å². The van der Waals surface area contributed by atoms with Gasteiger partial charge in [-0.05, 0) is 23.8 Å². The van der Waals surface area contributed by atoms with Crippen LogP contribution in [-0.4, -0.2) is 12.1 Å². The topological polar surface area (TPSA) is 83.4 Å². The fraction of sp³-hybridized carbons (Fsp3) is 0.154. The molecule has 1 aromatic carbocycles. The highest BCUT2D eigenvalue weighted by atomic mass is 16.5. The first-order chi connectivity index (χ1) is 8.69. The summed E-state index contributed by atoms with van der Waals surface area (Å²) >= 11 is 0. The van der Waals surface area contributed by atoms with Gasteiger partial charge in [-0.15, -0.1) is 0 Å². The summed E-state index contributed by atoms with van der Waals surface area (Å²) in [6.07, 6.45) is 0. The Kier molecular flexibility index (Phi) is 3.52. The molecule has 5 heteroatoms. The predicted octanol–water partition coefficient (Wildman–Crippen LogP) is 1.83. The average Bonchev–Trinajstić information content (AvgIpc) is 2.40. The van der Waals surface area contributed by atoms with Gasteiger partial charge in [0.25, 0.3) is 0 Å². The van der Waals surface area contributed by atoms with E-state index in [9.17, 15) is 0 Å². The van der Waals surface area contributed by atoms with Crippen molar-refractivity contribution >= 4 is 11.5 Å². The van der Waals surface area contributed by atoms with Crippen molar-refractivity contribution in [2.24, 2.45) is 0 Å². The molecule has 1 aromatic heterocycles. The average molecular weight is 245 g/mol. The van der Waals surface area contributed by atoms with E-state index in [4.69, 9.17) is 20.9 Å². The zero-order valence-electron chi connectivity index (χ0n) is 10.1. The Morgan fingerprint density at radius 1 is 1.17 bits per heavy atom. The van der Waals surface area contributed by atoms with Gasteiger partial charge >= 0.3 is 0 Å². The summed E-state index contributed by atoms with van der Waals surface area (Å²) in [7, 11) is 1.63. The van der Waals surface area contributed by atoms with Crippen molar-refractivity contribution in [1.82, 2.24) is 4.98 Å². The van der Waals surface area contributed by atoms with Gasteiger partial charge in [-0.1, -0.05) is 12.1 Å². The molecule has 0 amide bonds. The molecule has 4 N–H and O–H groups in total. The second-order valence-corrected chi connectivity index (χ2v) is 3.76. The molecule has 5 nitrogen and oxygen atoms in total. The number of rotatable bonds is 4. The second kappa shape index (κ2) is 5.27. The Morgan fingerprint density at radius 3 is 2.72 bits per heavy atom.